The average Bonchev–Trinajstić information content (AvgIpc) is 3.51. The van der Waals surface area contributed by atoms with Gasteiger partial charge in [-0.15, -0.1) is 0 Å². The maximum atomic E-state index is 12.8. The number of hydrogen-bond donors (Lipinski definition) is 2. The van der Waals surface area contributed by atoms with Crippen LogP contribution >= 0.6 is 11.6 Å². The number of aryl methyl sites for hydroxylation is 1. The van der Waals surface area contributed by atoms with E-state index >= 15 is 0 Å². The molecule has 3 aromatic rings. The van der Waals surface area contributed by atoms with Crippen LogP contribution in [-0.4, -0.2) is 21.6 Å². The van der Waals surface area contributed by atoms with Crippen LogP contribution in [0.4, 0.5) is 11.4 Å². The number of benzene rings is 2. The Labute approximate surface area is 173 Å². The SMILES string of the molecule is Cc1nn(Cc2ccccc2)c(Cl)c1C(=O)Nc1ccc(NC(=O)C2CC2)cc1. The lowest BCUT2D eigenvalue weighted by Gasteiger charge is -2.08. The van der Waals surface area contributed by atoms with E-state index in [4.69, 9.17) is 11.6 Å². The summed E-state index contributed by atoms with van der Waals surface area (Å²) in [6.07, 6.45) is 1.91. The minimum absolute atomic E-state index is 0.0509. The predicted octanol–water partition coefficient (Wildman–Crippen LogP) is 4.49. The van der Waals surface area contributed by atoms with Crippen LogP contribution in [0.5, 0.6) is 0 Å². The van der Waals surface area contributed by atoms with Gasteiger partial charge in [-0.1, -0.05) is 41.9 Å². The summed E-state index contributed by atoms with van der Waals surface area (Å²) in [7, 11) is 0. The predicted molar refractivity (Wildman–Crippen MR) is 113 cm³/mol. The molecule has 0 saturated heterocycles. The Bertz CT molecular complexity index is 1040. The number of halogens is 1. The van der Waals surface area contributed by atoms with Crippen LogP contribution in [0.3, 0.4) is 0 Å². The summed E-state index contributed by atoms with van der Waals surface area (Å²) in [5.41, 5.74) is 3.30. The molecule has 2 aromatic carbocycles. The van der Waals surface area contributed by atoms with Gasteiger partial charge in [0.15, 0.2) is 0 Å². The van der Waals surface area contributed by atoms with Gasteiger partial charge < -0.3 is 10.6 Å². The van der Waals surface area contributed by atoms with E-state index in [1.54, 1.807) is 35.9 Å². The minimum atomic E-state index is -0.318. The van der Waals surface area contributed by atoms with Crippen molar-refractivity contribution in [2.45, 2.75) is 26.3 Å². The third-order valence-electron chi connectivity index (χ3n) is 4.83. The molecule has 1 fully saturated rings. The quantitative estimate of drug-likeness (QED) is 0.630. The van der Waals surface area contributed by atoms with E-state index in [0.717, 1.165) is 18.4 Å². The smallest absolute Gasteiger partial charge is 0.260 e. The molecule has 1 heterocycles. The molecule has 2 N–H and O–H groups in total. The van der Waals surface area contributed by atoms with Crippen molar-refractivity contribution < 1.29 is 9.59 Å². The third-order valence-corrected chi connectivity index (χ3v) is 5.21. The first-order valence-electron chi connectivity index (χ1n) is 9.50. The van der Waals surface area contributed by atoms with Gasteiger partial charge in [0.1, 0.15) is 5.15 Å². The zero-order chi connectivity index (χ0) is 20.4. The zero-order valence-electron chi connectivity index (χ0n) is 16.0. The monoisotopic (exact) mass is 408 g/mol. The van der Waals surface area contributed by atoms with Gasteiger partial charge in [0.25, 0.3) is 5.91 Å². The third kappa shape index (κ3) is 4.49. The van der Waals surface area contributed by atoms with Gasteiger partial charge in [-0.3, -0.25) is 9.59 Å². The Morgan fingerprint density at radius 2 is 1.66 bits per heavy atom. The van der Waals surface area contributed by atoms with Crippen LogP contribution in [0.1, 0.15) is 34.5 Å². The molecule has 0 radical (unpaired) electrons. The summed E-state index contributed by atoms with van der Waals surface area (Å²) in [6, 6.07) is 16.8. The molecule has 29 heavy (non-hydrogen) atoms. The van der Waals surface area contributed by atoms with E-state index in [-0.39, 0.29) is 17.7 Å². The lowest BCUT2D eigenvalue weighted by molar-refractivity contribution is -0.117. The standard InChI is InChI=1S/C22H21ClN4O2/c1-14-19(20(23)27(26-14)13-15-5-3-2-4-6-15)22(29)25-18-11-9-17(10-12-18)24-21(28)16-7-8-16/h2-6,9-12,16H,7-8,13H2,1H3,(H,24,28)(H,25,29). The Morgan fingerprint density at radius 1 is 1.03 bits per heavy atom. The maximum Gasteiger partial charge on any atom is 0.260 e. The van der Waals surface area contributed by atoms with Crippen molar-refractivity contribution in [2.24, 2.45) is 5.92 Å². The fraction of sp³-hybridized carbons (Fsp3) is 0.227. The summed E-state index contributed by atoms with van der Waals surface area (Å²) >= 11 is 6.45. The molecule has 6 nitrogen and oxygen atoms in total. The maximum absolute atomic E-state index is 12.8. The molecule has 4 rings (SSSR count). The van der Waals surface area contributed by atoms with Crippen molar-refractivity contribution in [2.75, 3.05) is 10.6 Å². The summed E-state index contributed by atoms with van der Waals surface area (Å²) in [4.78, 5) is 24.6. The molecule has 2 amide bonds. The molecule has 1 aliphatic rings. The van der Waals surface area contributed by atoms with Gasteiger partial charge in [0.05, 0.1) is 17.8 Å². The van der Waals surface area contributed by atoms with Gasteiger partial charge in [0, 0.05) is 17.3 Å². The van der Waals surface area contributed by atoms with Gasteiger partial charge in [0.2, 0.25) is 5.91 Å². The molecular formula is C22H21ClN4O2. The highest BCUT2D eigenvalue weighted by molar-refractivity contribution is 6.33. The summed E-state index contributed by atoms with van der Waals surface area (Å²) in [6.45, 7) is 2.25. The number of nitrogens with zero attached hydrogens (tertiary/aromatic N) is 2. The minimum Gasteiger partial charge on any atom is -0.326 e. The number of carbonyl (C=O) groups is 2. The lowest BCUT2D eigenvalue weighted by atomic mass is 10.2. The van der Waals surface area contributed by atoms with E-state index in [1.165, 1.54) is 0 Å². The highest BCUT2D eigenvalue weighted by atomic mass is 35.5. The molecule has 1 aliphatic carbocycles. The normalized spacial score (nSPS) is 13.2. The highest BCUT2D eigenvalue weighted by Gasteiger charge is 2.29. The molecule has 0 bridgehead atoms. The highest BCUT2D eigenvalue weighted by Crippen LogP contribution is 2.30. The van der Waals surface area contributed by atoms with E-state index in [9.17, 15) is 9.59 Å². The molecule has 1 saturated carbocycles. The number of rotatable bonds is 6. The van der Waals surface area contributed by atoms with Crippen LogP contribution < -0.4 is 10.6 Å². The molecule has 148 valence electrons. The molecule has 0 aliphatic heterocycles. The number of nitrogens with one attached hydrogen (secondary N) is 2. The van der Waals surface area contributed by atoms with Crippen molar-refractivity contribution in [3.8, 4) is 0 Å². The van der Waals surface area contributed by atoms with Gasteiger partial charge in [-0.2, -0.15) is 5.10 Å². The number of hydrogen-bond acceptors (Lipinski definition) is 3. The Hall–Kier alpha value is -3.12. The van der Waals surface area contributed by atoms with Crippen molar-refractivity contribution in [3.63, 3.8) is 0 Å². The molecular weight excluding hydrogens is 388 g/mol. The van der Waals surface area contributed by atoms with Crippen LogP contribution in [0.2, 0.25) is 5.15 Å². The Morgan fingerprint density at radius 3 is 2.28 bits per heavy atom. The second-order valence-corrected chi connectivity index (χ2v) is 7.55. The van der Waals surface area contributed by atoms with E-state index in [2.05, 4.69) is 15.7 Å². The van der Waals surface area contributed by atoms with Crippen LogP contribution in [0.25, 0.3) is 0 Å². The molecule has 7 heteroatoms. The van der Waals surface area contributed by atoms with Crippen LogP contribution in [0, 0.1) is 12.8 Å². The number of amides is 2. The first-order chi connectivity index (χ1) is 14.0. The average molecular weight is 409 g/mol. The van der Waals surface area contributed by atoms with Gasteiger partial charge in [-0.05, 0) is 49.6 Å². The number of anilines is 2. The fourth-order valence-electron chi connectivity index (χ4n) is 3.09. The largest absolute Gasteiger partial charge is 0.326 e. The molecule has 1 aromatic heterocycles. The number of aromatic nitrogens is 2. The van der Waals surface area contributed by atoms with Gasteiger partial charge in [-0.25, -0.2) is 4.68 Å². The summed E-state index contributed by atoms with van der Waals surface area (Å²) in [5.74, 6) is -0.122. The van der Waals surface area contributed by atoms with E-state index < -0.39 is 0 Å². The van der Waals surface area contributed by atoms with Crippen LogP contribution in [0.15, 0.2) is 54.6 Å². The molecule has 0 atom stereocenters. The van der Waals surface area contributed by atoms with Crippen molar-refractivity contribution in [1.82, 2.24) is 9.78 Å². The van der Waals surface area contributed by atoms with E-state index in [1.807, 2.05) is 30.3 Å². The Kier molecular flexibility index (Phi) is 5.36. The fourth-order valence-corrected chi connectivity index (χ4v) is 3.41. The number of carbonyl (C=O) groups excluding carboxylic acids is 2. The van der Waals surface area contributed by atoms with Crippen molar-refractivity contribution in [1.29, 1.82) is 0 Å². The Balaban J connectivity index is 1.44. The zero-order valence-corrected chi connectivity index (χ0v) is 16.7. The summed E-state index contributed by atoms with van der Waals surface area (Å²) < 4.78 is 1.62. The van der Waals surface area contributed by atoms with E-state index in [0.29, 0.717) is 34.3 Å². The van der Waals surface area contributed by atoms with Crippen molar-refractivity contribution >= 4 is 34.8 Å². The second kappa shape index (κ2) is 8.09. The van der Waals surface area contributed by atoms with Crippen molar-refractivity contribution in [3.05, 3.63) is 76.6 Å². The topological polar surface area (TPSA) is 76.0 Å². The lowest BCUT2D eigenvalue weighted by Crippen LogP contribution is -2.14. The van der Waals surface area contributed by atoms with Gasteiger partial charge >= 0.3 is 0 Å². The molecule has 0 unspecified atom stereocenters. The first-order valence-corrected chi connectivity index (χ1v) is 9.88. The first kappa shape index (κ1) is 19.2. The second-order valence-electron chi connectivity index (χ2n) is 7.19. The summed E-state index contributed by atoms with van der Waals surface area (Å²) in [5, 5.41) is 10.4. The van der Waals surface area contributed by atoms with Crippen LogP contribution in [-0.2, 0) is 11.3 Å². The molecule has 0 spiro atoms.